The van der Waals surface area contributed by atoms with Crippen LogP contribution in [-0.4, -0.2) is 52.2 Å². The van der Waals surface area contributed by atoms with Gasteiger partial charge in [0, 0.05) is 28.7 Å². The number of esters is 3. The number of fused-ring (bicyclic) bond motifs is 3. The molecule has 5 aliphatic rings. The Balaban J connectivity index is 1.36. The average molecular weight is 593 g/mol. The van der Waals surface area contributed by atoms with Crippen molar-refractivity contribution in [1.29, 1.82) is 0 Å². The van der Waals surface area contributed by atoms with Crippen LogP contribution in [0.4, 0.5) is 0 Å². The lowest BCUT2D eigenvalue weighted by Crippen LogP contribution is -2.72. The van der Waals surface area contributed by atoms with Gasteiger partial charge in [0.05, 0.1) is 29.9 Å². The molecule has 228 valence electrons. The van der Waals surface area contributed by atoms with Gasteiger partial charge >= 0.3 is 17.9 Å². The highest BCUT2D eigenvalue weighted by Gasteiger charge is 2.88. The molecule has 1 N–H and O–H groups in total. The lowest BCUT2D eigenvalue weighted by Gasteiger charge is -2.66. The van der Waals surface area contributed by atoms with Crippen molar-refractivity contribution >= 4 is 23.7 Å². The lowest BCUT2D eigenvalue weighted by molar-refractivity contribution is -0.231. The molecular weight excluding hydrogens is 556 g/mol. The van der Waals surface area contributed by atoms with Gasteiger partial charge in [0.15, 0.2) is 6.10 Å². The highest BCUT2D eigenvalue weighted by Crippen LogP contribution is 2.78. The van der Waals surface area contributed by atoms with Gasteiger partial charge in [-0.1, -0.05) is 13.8 Å². The number of ketones is 1. The number of carbonyl (C=O) groups excluding carboxylic acids is 4. The van der Waals surface area contributed by atoms with E-state index in [0.29, 0.717) is 18.4 Å². The maximum atomic E-state index is 14.6. The summed E-state index contributed by atoms with van der Waals surface area (Å²) in [5.74, 6) is -2.63. The fourth-order valence-corrected chi connectivity index (χ4v) is 9.84. The first-order valence-corrected chi connectivity index (χ1v) is 14.9. The monoisotopic (exact) mass is 592 g/mol. The zero-order valence-corrected chi connectivity index (χ0v) is 24.9. The number of phenolic OH excluding ortho intramolecular Hbond substituents is 1. The molecule has 0 radical (unpaired) electrons. The van der Waals surface area contributed by atoms with Crippen molar-refractivity contribution in [3.8, 4) is 5.75 Å². The second-order valence-corrected chi connectivity index (χ2v) is 14.1. The number of phenols is 1. The van der Waals surface area contributed by atoms with Gasteiger partial charge in [-0.25, -0.2) is 9.59 Å². The molecule has 2 saturated carbocycles. The van der Waals surface area contributed by atoms with Crippen molar-refractivity contribution in [3.63, 3.8) is 0 Å². The van der Waals surface area contributed by atoms with Crippen LogP contribution in [0.25, 0.3) is 0 Å². The summed E-state index contributed by atoms with van der Waals surface area (Å²) < 4.78 is 29.9. The van der Waals surface area contributed by atoms with Gasteiger partial charge in [-0.15, -0.1) is 0 Å². The highest BCUT2D eigenvalue weighted by atomic mass is 16.7. The predicted molar refractivity (Wildman–Crippen MR) is 147 cm³/mol. The SMILES string of the molecule is CC1(C)OC(=O)CC(OC(=O)c2ccc(O)cc2)[C@]2(C)[C@H]3CC[C@@]4(C)[C@H](c5ccoc5)OC(=O)[C@H]5O[C@]54[C@]3(C)C(=O)C[C@@H]12. The number of carbonyl (C=O) groups is 4. The summed E-state index contributed by atoms with van der Waals surface area (Å²) in [6.07, 6.45) is 1.53. The van der Waals surface area contributed by atoms with E-state index >= 15 is 0 Å². The Morgan fingerprint density at radius 2 is 1.67 bits per heavy atom. The van der Waals surface area contributed by atoms with E-state index in [1.54, 1.807) is 12.3 Å². The van der Waals surface area contributed by atoms with E-state index in [1.165, 1.54) is 30.5 Å². The Labute approximate surface area is 249 Å². The predicted octanol–water partition coefficient (Wildman–Crippen LogP) is 4.69. The molecule has 1 spiro atoms. The fourth-order valence-electron chi connectivity index (χ4n) is 9.84. The molecule has 43 heavy (non-hydrogen) atoms. The number of aromatic hydroxyl groups is 1. The molecule has 3 saturated heterocycles. The molecule has 2 aromatic rings. The van der Waals surface area contributed by atoms with Crippen LogP contribution < -0.4 is 0 Å². The third-order valence-electron chi connectivity index (χ3n) is 11.8. The fraction of sp³-hybridized carbons (Fsp3) is 0.576. The standard InChI is InChI=1S/C33H36O10/c1-29(2)21-14-22(35)32(5)20(10-12-30(3)25(18-11-13-39-16-18)41-28(38)26-33(30,32)43-26)31(21,4)23(15-24(36)42-29)40-27(37)17-6-8-19(34)9-7-17/h6-9,11,13,16,20-21,23,25-26,34H,10,12,14-15H2,1-5H3/t20-,21+,23?,25+,26-,30+,31-,32+,33-/m1/s1. The van der Waals surface area contributed by atoms with Crippen molar-refractivity contribution in [3.05, 3.63) is 54.0 Å². The smallest absolute Gasteiger partial charge is 0.339 e. The topological polar surface area (TPSA) is 142 Å². The highest BCUT2D eigenvalue weighted by molar-refractivity contribution is 5.93. The van der Waals surface area contributed by atoms with Crippen LogP contribution in [0.15, 0.2) is 47.3 Å². The van der Waals surface area contributed by atoms with Gasteiger partial charge in [0.1, 0.15) is 34.9 Å². The Kier molecular flexibility index (Phi) is 5.70. The number of cyclic esters (lactones) is 2. The van der Waals surface area contributed by atoms with E-state index in [0.717, 1.165) is 0 Å². The Morgan fingerprint density at radius 3 is 2.35 bits per heavy atom. The molecule has 10 nitrogen and oxygen atoms in total. The van der Waals surface area contributed by atoms with Gasteiger partial charge in [-0.3, -0.25) is 9.59 Å². The van der Waals surface area contributed by atoms with Crippen LogP contribution in [0.5, 0.6) is 5.75 Å². The lowest BCUT2D eigenvalue weighted by atomic mass is 9.37. The Hall–Kier alpha value is -3.66. The number of epoxide rings is 1. The van der Waals surface area contributed by atoms with Crippen molar-refractivity contribution < 1.29 is 47.6 Å². The first-order chi connectivity index (χ1) is 20.2. The van der Waals surface area contributed by atoms with Crippen molar-refractivity contribution in [2.45, 2.75) is 89.8 Å². The summed E-state index contributed by atoms with van der Waals surface area (Å²) in [6.45, 7) is 9.53. The number of hydrogen-bond acceptors (Lipinski definition) is 10. The molecule has 1 aromatic carbocycles. The third kappa shape index (κ3) is 3.44. The maximum Gasteiger partial charge on any atom is 0.339 e. The summed E-state index contributed by atoms with van der Waals surface area (Å²) in [7, 11) is 0. The number of benzene rings is 1. The molecule has 5 fully saturated rings. The zero-order valence-electron chi connectivity index (χ0n) is 24.9. The molecule has 0 amide bonds. The summed E-state index contributed by atoms with van der Waals surface area (Å²) in [5, 5.41) is 9.71. The molecule has 7 rings (SSSR count). The second-order valence-electron chi connectivity index (χ2n) is 14.1. The van der Waals surface area contributed by atoms with E-state index in [9.17, 15) is 24.3 Å². The van der Waals surface area contributed by atoms with Gasteiger partial charge in [0.25, 0.3) is 0 Å². The molecule has 2 aliphatic carbocycles. The number of ether oxygens (including phenoxy) is 4. The third-order valence-corrected chi connectivity index (χ3v) is 11.8. The molecule has 1 unspecified atom stereocenters. The molecule has 9 atom stereocenters. The van der Waals surface area contributed by atoms with Crippen LogP contribution in [0.3, 0.4) is 0 Å². The second kappa shape index (κ2) is 8.71. The molecule has 0 bridgehead atoms. The van der Waals surface area contributed by atoms with E-state index in [2.05, 4.69) is 0 Å². The largest absolute Gasteiger partial charge is 0.508 e. The van der Waals surface area contributed by atoms with E-state index < -0.39 is 75.5 Å². The number of Topliss-reactive ketones (excluding diaryl/α,β-unsaturated/α-hetero) is 1. The minimum Gasteiger partial charge on any atom is -0.508 e. The first-order valence-electron chi connectivity index (χ1n) is 14.9. The van der Waals surface area contributed by atoms with Gasteiger partial charge in [-0.2, -0.15) is 0 Å². The molecule has 10 heteroatoms. The van der Waals surface area contributed by atoms with Crippen LogP contribution in [0.2, 0.25) is 0 Å². The average Bonchev–Trinajstić information content (AvgIpc) is 3.53. The van der Waals surface area contributed by atoms with Crippen molar-refractivity contribution in [2.24, 2.45) is 28.1 Å². The molecule has 1 aromatic heterocycles. The summed E-state index contributed by atoms with van der Waals surface area (Å²) in [4.78, 5) is 54.7. The van der Waals surface area contributed by atoms with Crippen LogP contribution in [0, 0.1) is 28.1 Å². The molecule has 4 heterocycles. The first kappa shape index (κ1) is 28.1. The number of furan rings is 1. The zero-order chi connectivity index (χ0) is 30.7. The van der Waals surface area contributed by atoms with Gasteiger partial charge in [-0.05, 0) is 69.9 Å². The number of hydrogen-bond donors (Lipinski definition) is 1. The van der Waals surface area contributed by atoms with E-state index in [4.69, 9.17) is 23.4 Å². The quantitative estimate of drug-likeness (QED) is 0.303. The minimum absolute atomic E-state index is 0.00756. The van der Waals surface area contributed by atoms with Crippen molar-refractivity contribution in [2.75, 3.05) is 0 Å². The maximum absolute atomic E-state index is 14.6. The normalized spacial score (nSPS) is 42.6. The van der Waals surface area contributed by atoms with E-state index in [1.807, 2.05) is 34.6 Å². The summed E-state index contributed by atoms with van der Waals surface area (Å²) >= 11 is 0. The summed E-state index contributed by atoms with van der Waals surface area (Å²) in [5.41, 5.74) is -4.08. The van der Waals surface area contributed by atoms with Crippen LogP contribution in [-0.2, 0) is 33.3 Å². The van der Waals surface area contributed by atoms with Gasteiger partial charge in [0.2, 0.25) is 0 Å². The Morgan fingerprint density at radius 1 is 0.953 bits per heavy atom. The number of rotatable bonds is 3. The van der Waals surface area contributed by atoms with Crippen molar-refractivity contribution in [1.82, 2.24) is 0 Å². The minimum atomic E-state index is -1.16. The van der Waals surface area contributed by atoms with Crippen LogP contribution >= 0.6 is 0 Å². The van der Waals surface area contributed by atoms with Crippen LogP contribution in [0.1, 0.15) is 82.3 Å². The molecule has 3 aliphatic heterocycles. The summed E-state index contributed by atoms with van der Waals surface area (Å²) in [6, 6.07) is 7.48. The Bertz CT molecular complexity index is 1530. The molecular formula is C33H36O10. The van der Waals surface area contributed by atoms with E-state index in [-0.39, 0.29) is 29.9 Å². The van der Waals surface area contributed by atoms with Gasteiger partial charge < -0.3 is 28.5 Å².